The predicted octanol–water partition coefficient (Wildman–Crippen LogP) is 0.503. The van der Waals surface area contributed by atoms with Crippen molar-refractivity contribution in [1.29, 1.82) is 0 Å². The number of hydrogen-bond acceptors (Lipinski definition) is 5. The molecular weight excluding hydrogens is 336 g/mol. The van der Waals surface area contributed by atoms with Crippen LogP contribution in [-0.4, -0.2) is 51.5 Å². The molecule has 0 saturated carbocycles. The molecule has 1 saturated heterocycles. The fraction of sp³-hybridized carbons (Fsp3) is 0.800. The minimum Gasteiger partial charge on any atom is -0.390 e. The lowest BCUT2D eigenvalue weighted by atomic mass is 9.98. The smallest absolute Gasteiger partial charge is 0.263 e. The monoisotopic (exact) mass is 352 g/mol. The Hall–Kier alpha value is -0.510. The summed E-state index contributed by atoms with van der Waals surface area (Å²) < 4.78 is 28.0. The first-order valence-electron chi connectivity index (χ1n) is 6.02. The van der Waals surface area contributed by atoms with E-state index >= 15 is 0 Å². The summed E-state index contributed by atoms with van der Waals surface area (Å²) >= 11 is 3.11. The van der Waals surface area contributed by atoms with Crippen molar-refractivity contribution in [3.63, 3.8) is 0 Å². The van der Waals surface area contributed by atoms with Crippen molar-refractivity contribution in [1.82, 2.24) is 19.3 Å². The Morgan fingerprint density at radius 3 is 2.63 bits per heavy atom. The number of sulfonamides is 1. The fourth-order valence-corrected chi connectivity index (χ4v) is 4.71. The Morgan fingerprint density at radius 2 is 2.05 bits per heavy atom. The van der Waals surface area contributed by atoms with E-state index in [0.717, 1.165) is 0 Å². The number of aliphatic hydroxyl groups is 1. The molecule has 1 aliphatic heterocycles. The molecular formula is C10H17BrN4O3S. The topological polar surface area (TPSA) is 88.3 Å². The van der Waals surface area contributed by atoms with Crippen molar-refractivity contribution < 1.29 is 13.5 Å². The summed E-state index contributed by atoms with van der Waals surface area (Å²) in [5.74, 6) is 0. The highest BCUT2D eigenvalue weighted by atomic mass is 79.9. The lowest BCUT2D eigenvalue weighted by Crippen LogP contribution is -2.34. The molecule has 1 N–H and O–H groups in total. The summed E-state index contributed by atoms with van der Waals surface area (Å²) in [6, 6.07) is 0. The number of rotatable bonds is 2. The second-order valence-electron chi connectivity index (χ2n) is 5.06. The Balaban J connectivity index is 2.31. The van der Waals surface area contributed by atoms with Crippen LogP contribution >= 0.6 is 15.9 Å². The maximum atomic E-state index is 12.6. The van der Waals surface area contributed by atoms with Gasteiger partial charge in [0.25, 0.3) is 10.0 Å². The van der Waals surface area contributed by atoms with Crippen molar-refractivity contribution >= 4 is 26.0 Å². The summed E-state index contributed by atoms with van der Waals surface area (Å²) in [6.45, 7) is 2.44. The molecule has 9 heteroatoms. The van der Waals surface area contributed by atoms with Gasteiger partial charge in [0, 0.05) is 20.1 Å². The normalized spacial score (nSPS) is 26.3. The van der Waals surface area contributed by atoms with E-state index in [-0.39, 0.29) is 9.63 Å². The summed E-state index contributed by atoms with van der Waals surface area (Å²) in [5.41, 5.74) is -0.799. The standard InChI is InChI=1S/C10H17BrN4O3S/c1-10(16)4-3-6-15(7-5-10)19(17,18)9-8(11)12-13-14(9)2/h16H,3-7H2,1-2H3. The zero-order valence-electron chi connectivity index (χ0n) is 10.9. The van der Waals surface area contributed by atoms with Gasteiger partial charge in [-0.3, -0.25) is 0 Å². The van der Waals surface area contributed by atoms with Crippen LogP contribution in [0.5, 0.6) is 0 Å². The highest BCUT2D eigenvalue weighted by molar-refractivity contribution is 9.10. The maximum absolute atomic E-state index is 12.6. The first-order chi connectivity index (χ1) is 8.74. The molecule has 0 radical (unpaired) electrons. The molecule has 1 aromatic rings. The van der Waals surface area contributed by atoms with Gasteiger partial charge in [-0.15, -0.1) is 5.10 Å². The molecule has 1 aromatic heterocycles. The van der Waals surface area contributed by atoms with Crippen molar-refractivity contribution in [2.45, 2.75) is 36.8 Å². The first kappa shape index (κ1) is 14.9. The molecule has 0 aliphatic carbocycles. The Bertz CT molecular complexity index is 550. The van der Waals surface area contributed by atoms with E-state index < -0.39 is 15.6 Å². The van der Waals surface area contributed by atoms with Crippen LogP contribution in [0.2, 0.25) is 0 Å². The molecule has 19 heavy (non-hydrogen) atoms. The number of halogens is 1. The van der Waals surface area contributed by atoms with Crippen molar-refractivity contribution in [3.05, 3.63) is 4.60 Å². The molecule has 2 heterocycles. The highest BCUT2D eigenvalue weighted by Crippen LogP contribution is 2.27. The Kier molecular flexibility index (Phi) is 4.01. The molecule has 1 atom stereocenters. The largest absolute Gasteiger partial charge is 0.390 e. The third-order valence-electron chi connectivity index (χ3n) is 3.34. The second-order valence-corrected chi connectivity index (χ2v) is 7.67. The van der Waals surface area contributed by atoms with Gasteiger partial charge in [-0.25, -0.2) is 13.1 Å². The number of nitrogens with zero attached hydrogens (tertiary/aromatic N) is 4. The van der Waals surface area contributed by atoms with Gasteiger partial charge in [0.2, 0.25) is 5.03 Å². The van der Waals surface area contributed by atoms with Crippen LogP contribution < -0.4 is 0 Å². The van der Waals surface area contributed by atoms with Gasteiger partial charge in [0.1, 0.15) is 0 Å². The lowest BCUT2D eigenvalue weighted by molar-refractivity contribution is 0.0465. The molecule has 108 valence electrons. The van der Waals surface area contributed by atoms with Gasteiger partial charge in [-0.1, -0.05) is 5.21 Å². The average Bonchev–Trinajstić information content (AvgIpc) is 2.52. The molecule has 0 spiro atoms. The van der Waals surface area contributed by atoms with E-state index in [0.29, 0.717) is 32.4 Å². The predicted molar refractivity (Wildman–Crippen MR) is 71.9 cm³/mol. The van der Waals surface area contributed by atoms with Crippen molar-refractivity contribution in [3.8, 4) is 0 Å². The highest BCUT2D eigenvalue weighted by Gasteiger charge is 2.34. The fourth-order valence-electron chi connectivity index (χ4n) is 2.20. The quantitative estimate of drug-likeness (QED) is 0.837. The number of aromatic nitrogens is 3. The minimum atomic E-state index is -3.64. The molecule has 7 nitrogen and oxygen atoms in total. The zero-order valence-corrected chi connectivity index (χ0v) is 13.3. The van der Waals surface area contributed by atoms with Gasteiger partial charge in [-0.05, 0) is 42.1 Å². The summed E-state index contributed by atoms with van der Waals surface area (Å²) in [7, 11) is -2.10. The van der Waals surface area contributed by atoms with Crippen LogP contribution in [0.4, 0.5) is 0 Å². The molecule has 0 aromatic carbocycles. The second kappa shape index (κ2) is 5.12. The molecule has 1 aliphatic rings. The third-order valence-corrected chi connectivity index (χ3v) is 6.13. The third kappa shape index (κ3) is 2.99. The van der Waals surface area contributed by atoms with Gasteiger partial charge < -0.3 is 5.11 Å². The van der Waals surface area contributed by atoms with Crippen molar-refractivity contribution in [2.75, 3.05) is 13.1 Å². The summed E-state index contributed by atoms with van der Waals surface area (Å²) in [6.07, 6.45) is 1.66. The zero-order chi connectivity index (χ0) is 14.3. The van der Waals surface area contributed by atoms with Crippen LogP contribution in [0.3, 0.4) is 0 Å². The Morgan fingerprint density at radius 1 is 1.37 bits per heavy atom. The van der Waals surface area contributed by atoms with E-state index in [1.165, 1.54) is 8.99 Å². The van der Waals surface area contributed by atoms with Gasteiger partial charge in [-0.2, -0.15) is 4.31 Å². The number of aryl methyl sites for hydroxylation is 1. The molecule has 1 fully saturated rings. The van der Waals surface area contributed by atoms with E-state index in [9.17, 15) is 13.5 Å². The van der Waals surface area contributed by atoms with E-state index in [4.69, 9.17) is 0 Å². The van der Waals surface area contributed by atoms with Gasteiger partial charge in [0.15, 0.2) is 4.60 Å². The van der Waals surface area contributed by atoms with E-state index in [1.807, 2.05) is 0 Å². The van der Waals surface area contributed by atoms with Crippen LogP contribution in [0, 0.1) is 0 Å². The lowest BCUT2D eigenvalue weighted by Gasteiger charge is -2.22. The van der Waals surface area contributed by atoms with Gasteiger partial charge >= 0.3 is 0 Å². The first-order valence-corrected chi connectivity index (χ1v) is 8.25. The van der Waals surface area contributed by atoms with Crippen LogP contribution in [0.15, 0.2) is 9.63 Å². The van der Waals surface area contributed by atoms with Crippen LogP contribution in [0.1, 0.15) is 26.2 Å². The number of hydrogen-bond donors (Lipinski definition) is 1. The minimum absolute atomic E-state index is 0.0500. The molecule has 0 bridgehead atoms. The van der Waals surface area contributed by atoms with Crippen LogP contribution in [0.25, 0.3) is 0 Å². The molecule has 2 rings (SSSR count). The van der Waals surface area contributed by atoms with Crippen LogP contribution in [-0.2, 0) is 17.1 Å². The SMILES string of the molecule is Cn1nnc(Br)c1S(=O)(=O)N1CCCC(C)(O)CC1. The van der Waals surface area contributed by atoms with Gasteiger partial charge in [0.05, 0.1) is 5.60 Å². The van der Waals surface area contributed by atoms with Crippen molar-refractivity contribution in [2.24, 2.45) is 7.05 Å². The van der Waals surface area contributed by atoms with E-state index in [2.05, 4.69) is 26.2 Å². The summed E-state index contributed by atoms with van der Waals surface area (Å²) in [4.78, 5) is 0. The Labute approximate surface area is 120 Å². The summed E-state index contributed by atoms with van der Waals surface area (Å²) in [5, 5.41) is 17.5. The molecule has 0 amide bonds. The average molecular weight is 353 g/mol. The maximum Gasteiger partial charge on any atom is 0.263 e. The molecule has 1 unspecified atom stereocenters. The van der Waals surface area contributed by atoms with E-state index in [1.54, 1.807) is 14.0 Å².